The Morgan fingerprint density at radius 3 is 2.69 bits per heavy atom. The maximum Gasteiger partial charge on any atom is 0.229 e. The molecule has 0 atom stereocenters. The van der Waals surface area contributed by atoms with Gasteiger partial charge in [-0.15, -0.1) is 5.10 Å². The number of pyridine rings is 1. The number of amides is 1. The number of hydrogen-bond donors (Lipinski definition) is 3. The summed E-state index contributed by atoms with van der Waals surface area (Å²) in [6.07, 6.45) is 5.96. The first-order valence-electron chi connectivity index (χ1n) is 12.0. The molecule has 36 heavy (non-hydrogen) atoms. The third-order valence-electron chi connectivity index (χ3n) is 7.19. The summed E-state index contributed by atoms with van der Waals surface area (Å²) >= 11 is 6.31. The van der Waals surface area contributed by atoms with Gasteiger partial charge in [0.2, 0.25) is 5.91 Å². The van der Waals surface area contributed by atoms with Crippen LogP contribution in [0.5, 0.6) is 5.75 Å². The second-order valence-corrected chi connectivity index (χ2v) is 9.66. The van der Waals surface area contributed by atoms with Crippen LogP contribution in [0.1, 0.15) is 43.9 Å². The minimum atomic E-state index is -0.945. The van der Waals surface area contributed by atoms with E-state index in [-0.39, 0.29) is 6.04 Å². The number of nitrogens with two attached hydrogens (primary N) is 2. The highest BCUT2D eigenvalue weighted by Crippen LogP contribution is 2.42. The van der Waals surface area contributed by atoms with Gasteiger partial charge in [-0.05, 0) is 50.3 Å². The molecule has 11 heteroatoms. The third-order valence-corrected chi connectivity index (χ3v) is 7.49. The fourth-order valence-corrected chi connectivity index (χ4v) is 5.39. The maximum absolute atomic E-state index is 12.9. The number of rotatable bonds is 7. The second kappa shape index (κ2) is 9.51. The lowest BCUT2D eigenvalue weighted by atomic mass is 9.69. The van der Waals surface area contributed by atoms with E-state index in [1.165, 1.54) is 0 Å². The van der Waals surface area contributed by atoms with Crippen molar-refractivity contribution in [2.75, 3.05) is 12.4 Å². The van der Waals surface area contributed by atoms with Gasteiger partial charge >= 0.3 is 0 Å². The number of aromatic nitrogens is 5. The van der Waals surface area contributed by atoms with Gasteiger partial charge in [-0.2, -0.15) is 10.2 Å². The van der Waals surface area contributed by atoms with Crippen LogP contribution in [0.2, 0.25) is 5.02 Å². The Labute approximate surface area is 213 Å². The number of nitrogens with one attached hydrogen (secondary N) is 1. The van der Waals surface area contributed by atoms with Crippen molar-refractivity contribution < 1.29 is 9.53 Å². The zero-order valence-electron chi connectivity index (χ0n) is 20.3. The molecule has 4 aromatic rings. The zero-order chi connectivity index (χ0) is 25.4. The standard InChI is InChI=1S/C25H29ClN8O2/c1-3-34-23-17(13-31-34)20-16(12-30-23)21(25(24(28)35)8-6-15(27)7-9-25)32-33-22(20)29-11-14-4-5-19(36-2)18(26)10-14/h4-5,10,12-13,15H,3,6-9,11,27H2,1-2H3,(H2,28,35)(H,29,33)/t15-,25+. The minimum absolute atomic E-state index is 0.0431. The van der Waals surface area contributed by atoms with Gasteiger partial charge in [-0.3, -0.25) is 4.79 Å². The Morgan fingerprint density at radius 1 is 1.25 bits per heavy atom. The van der Waals surface area contributed by atoms with E-state index in [0.717, 1.165) is 27.4 Å². The highest BCUT2D eigenvalue weighted by Gasteiger charge is 2.44. The summed E-state index contributed by atoms with van der Waals surface area (Å²) in [4.78, 5) is 17.5. The number of ether oxygens (including phenoxy) is 1. The summed E-state index contributed by atoms with van der Waals surface area (Å²) in [5, 5.41) is 19.9. The van der Waals surface area contributed by atoms with Crippen molar-refractivity contribution in [3.63, 3.8) is 0 Å². The molecular formula is C25H29ClN8O2. The molecule has 10 nitrogen and oxygen atoms in total. The SMILES string of the molecule is CCn1ncc2c3c(NCc4ccc(OC)c(Cl)c4)nnc([C@]4(C(N)=O)CC[C@@H](N)CC4)c3cnc21. The summed E-state index contributed by atoms with van der Waals surface area (Å²) in [7, 11) is 1.58. The van der Waals surface area contributed by atoms with E-state index in [2.05, 4.69) is 25.6 Å². The molecular weight excluding hydrogens is 480 g/mol. The molecule has 0 unspecified atom stereocenters. The number of aryl methyl sites for hydroxylation is 1. The number of fused-ring (bicyclic) bond motifs is 3. The van der Waals surface area contributed by atoms with Gasteiger partial charge in [0, 0.05) is 36.1 Å². The number of hydrogen-bond acceptors (Lipinski definition) is 8. The van der Waals surface area contributed by atoms with Crippen molar-refractivity contribution in [3.8, 4) is 5.75 Å². The number of methoxy groups -OCH3 is 1. The molecule has 1 aromatic carbocycles. The molecule has 0 spiro atoms. The van der Waals surface area contributed by atoms with Crippen LogP contribution >= 0.6 is 11.6 Å². The first-order chi connectivity index (χ1) is 17.4. The molecule has 1 amide bonds. The quantitative estimate of drug-likeness (QED) is 0.344. The molecule has 0 saturated heterocycles. The lowest BCUT2D eigenvalue weighted by molar-refractivity contribution is -0.125. The van der Waals surface area contributed by atoms with Crippen molar-refractivity contribution >= 4 is 45.1 Å². The second-order valence-electron chi connectivity index (χ2n) is 9.25. The van der Waals surface area contributed by atoms with E-state index in [0.29, 0.717) is 61.1 Å². The van der Waals surface area contributed by atoms with Crippen LogP contribution < -0.4 is 21.5 Å². The Kier molecular flexibility index (Phi) is 6.40. The average Bonchev–Trinajstić information content (AvgIpc) is 3.31. The van der Waals surface area contributed by atoms with E-state index < -0.39 is 11.3 Å². The maximum atomic E-state index is 12.9. The van der Waals surface area contributed by atoms with Crippen LogP contribution in [-0.2, 0) is 23.3 Å². The van der Waals surface area contributed by atoms with Crippen molar-refractivity contribution in [1.82, 2.24) is 25.0 Å². The number of carbonyl (C=O) groups is 1. The van der Waals surface area contributed by atoms with E-state index in [9.17, 15) is 4.79 Å². The summed E-state index contributed by atoms with van der Waals surface area (Å²) < 4.78 is 7.08. The van der Waals surface area contributed by atoms with Crippen LogP contribution in [0.3, 0.4) is 0 Å². The molecule has 1 aliphatic carbocycles. The Bertz CT molecular complexity index is 1450. The molecule has 0 radical (unpaired) electrons. The molecule has 1 aliphatic rings. The fraction of sp³-hybridized carbons (Fsp3) is 0.400. The zero-order valence-corrected chi connectivity index (χ0v) is 21.0. The lowest BCUT2D eigenvalue weighted by Gasteiger charge is -2.36. The number of benzene rings is 1. The predicted octanol–water partition coefficient (Wildman–Crippen LogP) is 3.29. The summed E-state index contributed by atoms with van der Waals surface area (Å²) in [5.74, 6) is 0.762. The monoisotopic (exact) mass is 508 g/mol. The number of primary amides is 1. The lowest BCUT2D eigenvalue weighted by Crippen LogP contribution is -2.47. The van der Waals surface area contributed by atoms with E-state index >= 15 is 0 Å². The number of carbonyl (C=O) groups excluding carboxylic acids is 1. The fourth-order valence-electron chi connectivity index (χ4n) is 5.11. The van der Waals surface area contributed by atoms with E-state index in [1.54, 1.807) is 19.5 Å². The van der Waals surface area contributed by atoms with Crippen LogP contribution in [-0.4, -0.2) is 44.0 Å². The molecule has 5 N–H and O–H groups in total. The molecule has 0 bridgehead atoms. The van der Waals surface area contributed by atoms with Crippen LogP contribution in [0.25, 0.3) is 21.8 Å². The number of halogens is 1. The van der Waals surface area contributed by atoms with E-state index in [4.69, 9.17) is 27.8 Å². The van der Waals surface area contributed by atoms with Crippen molar-refractivity contribution in [3.05, 3.63) is 46.9 Å². The van der Waals surface area contributed by atoms with Crippen molar-refractivity contribution in [1.29, 1.82) is 0 Å². The highest BCUT2D eigenvalue weighted by atomic mass is 35.5. The van der Waals surface area contributed by atoms with Gasteiger partial charge in [0.1, 0.15) is 5.75 Å². The summed E-state index contributed by atoms with van der Waals surface area (Å²) in [5.41, 5.74) is 13.4. The molecule has 0 aliphatic heterocycles. The van der Waals surface area contributed by atoms with Crippen LogP contribution in [0.4, 0.5) is 5.82 Å². The largest absolute Gasteiger partial charge is 0.495 e. The highest BCUT2D eigenvalue weighted by molar-refractivity contribution is 6.32. The first kappa shape index (κ1) is 24.2. The average molecular weight is 509 g/mol. The Morgan fingerprint density at radius 2 is 2.03 bits per heavy atom. The van der Waals surface area contributed by atoms with Gasteiger partial charge in [0.15, 0.2) is 11.5 Å². The van der Waals surface area contributed by atoms with Crippen LogP contribution in [0.15, 0.2) is 30.6 Å². The Hall–Kier alpha value is -3.50. The number of anilines is 1. The molecule has 5 rings (SSSR count). The molecule has 1 saturated carbocycles. The summed E-state index contributed by atoms with van der Waals surface area (Å²) in [6.45, 7) is 3.13. The van der Waals surface area contributed by atoms with Gasteiger partial charge < -0.3 is 21.5 Å². The van der Waals surface area contributed by atoms with E-state index in [1.807, 2.05) is 29.8 Å². The van der Waals surface area contributed by atoms with Crippen molar-refractivity contribution in [2.45, 2.75) is 57.2 Å². The van der Waals surface area contributed by atoms with Crippen molar-refractivity contribution in [2.24, 2.45) is 11.5 Å². The molecule has 3 heterocycles. The summed E-state index contributed by atoms with van der Waals surface area (Å²) in [6, 6.07) is 5.64. The molecule has 188 valence electrons. The molecule has 1 fully saturated rings. The van der Waals surface area contributed by atoms with Gasteiger partial charge in [-0.25, -0.2) is 9.67 Å². The van der Waals surface area contributed by atoms with Crippen LogP contribution in [0, 0.1) is 0 Å². The third kappa shape index (κ3) is 4.00. The van der Waals surface area contributed by atoms with Gasteiger partial charge in [-0.1, -0.05) is 17.7 Å². The predicted molar refractivity (Wildman–Crippen MR) is 139 cm³/mol. The Balaban J connectivity index is 1.65. The number of nitrogens with zero attached hydrogens (tertiary/aromatic N) is 5. The topological polar surface area (TPSA) is 147 Å². The van der Waals surface area contributed by atoms with Gasteiger partial charge in [0.05, 0.1) is 34.8 Å². The minimum Gasteiger partial charge on any atom is -0.495 e. The molecule has 3 aromatic heterocycles. The smallest absolute Gasteiger partial charge is 0.229 e. The normalized spacial score (nSPS) is 20.1. The first-order valence-corrected chi connectivity index (χ1v) is 12.4. The van der Waals surface area contributed by atoms with Gasteiger partial charge in [0.25, 0.3) is 0 Å².